The van der Waals surface area contributed by atoms with Crippen molar-refractivity contribution in [1.82, 2.24) is 4.90 Å². The number of fused-ring (bicyclic) bond motifs is 2. The van der Waals surface area contributed by atoms with Gasteiger partial charge in [0.1, 0.15) is 11.7 Å². The van der Waals surface area contributed by atoms with Crippen molar-refractivity contribution in [2.24, 2.45) is 4.99 Å². The van der Waals surface area contributed by atoms with E-state index in [0.717, 1.165) is 32.4 Å². The van der Waals surface area contributed by atoms with Crippen molar-refractivity contribution >= 4 is 17.2 Å². The molecule has 5 rings (SSSR count). The highest BCUT2D eigenvalue weighted by atomic mass is 15.4. The molecule has 3 nitrogen and oxygen atoms in total. The molecule has 0 fully saturated rings. The van der Waals surface area contributed by atoms with E-state index < -0.39 is 0 Å². The van der Waals surface area contributed by atoms with E-state index >= 15 is 0 Å². The van der Waals surface area contributed by atoms with Crippen molar-refractivity contribution in [1.29, 1.82) is 0 Å². The molecule has 0 aromatic heterocycles. The van der Waals surface area contributed by atoms with Crippen LogP contribution in [0.4, 0.5) is 11.4 Å². The summed E-state index contributed by atoms with van der Waals surface area (Å²) in [6.07, 6.45) is 6.84. The van der Waals surface area contributed by atoms with Gasteiger partial charge in [0.15, 0.2) is 0 Å². The zero-order valence-corrected chi connectivity index (χ0v) is 16.3. The summed E-state index contributed by atoms with van der Waals surface area (Å²) in [5.74, 6) is 2.55. The molecule has 0 aliphatic carbocycles. The Morgan fingerprint density at radius 2 is 1.67 bits per heavy atom. The van der Waals surface area contributed by atoms with E-state index in [1.54, 1.807) is 0 Å². The number of para-hydroxylation sites is 2. The van der Waals surface area contributed by atoms with Crippen LogP contribution in [0.1, 0.15) is 50.7 Å². The molecule has 3 aliphatic heterocycles. The number of rotatable bonds is 2. The van der Waals surface area contributed by atoms with Crippen LogP contribution in [0.2, 0.25) is 0 Å². The first kappa shape index (κ1) is 16.6. The van der Waals surface area contributed by atoms with Crippen molar-refractivity contribution in [3.05, 3.63) is 71.6 Å². The molecule has 2 aromatic carbocycles. The number of amidine groups is 1. The Balaban J connectivity index is 1.71. The average molecular weight is 358 g/mol. The lowest BCUT2D eigenvalue weighted by atomic mass is 9.70. The fourth-order valence-electron chi connectivity index (χ4n) is 4.94. The lowest BCUT2D eigenvalue weighted by molar-refractivity contribution is 0.519. The second kappa shape index (κ2) is 6.26. The third-order valence-electron chi connectivity index (χ3n) is 6.54. The van der Waals surface area contributed by atoms with E-state index in [1.165, 1.54) is 40.6 Å². The lowest BCUT2D eigenvalue weighted by Crippen LogP contribution is -2.39. The number of aliphatic imine (C=N–C) groups is 1. The number of hydrogen-bond donors (Lipinski definition) is 0. The molecule has 3 heteroatoms. The van der Waals surface area contributed by atoms with Crippen LogP contribution in [-0.4, -0.2) is 23.8 Å². The SMILES string of the molecule is CCC1(C)c2ccccc2N(C2=CCCN2C2=NCCC2)c2ccccc21. The maximum absolute atomic E-state index is 4.79. The van der Waals surface area contributed by atoms with E-state index in [4.69, 9.17) is 4.99 Å². The average Bonchev–Trinajstić information content (AvgIpc) is 3.40. The molecule has 0 N–H and O–H groups in total. The maximum Gasteiger partial charge on any atom is 0.114 e. The Labute approximate surface area is 162 Å². The molecule has 0 radical (unpaired) electrons. The molecule has 0 bridgehead atoms. The molecule has 3 heterocycles. The van der Waals surface area contributed by atoms with E-state index in [-0.39, 0.29) is 5.41 Å². The summed E-state index contributed by atoms with van der Waals surface area (Å²) >= 11 is 0. The molecular weight excluding hydrogens is 330 g/mol. The molecule has 0 saturated carbocycles. The van der Waals surface area contributed by atoms with Gasteiger partial charge < -0.3 is 4.90 Å². The smallest absolute Gasteiger partial charge is 0.114 e. The molecule has 27 heavy (non-hydrogen) atoms. The summed E-state index contributed by atoms with van der Waals surface area (Å²) in [5, 5.41) is 0. The van der Waals surface area contributed by atoms with Gasteiger partial charge in [-0.15, -0.1) is 0 Å². The van der Waals surface area contributed by atoms with Gasteiger partial charge in [-0.3, -0.25) is 9.89 Å². The summed E-state index contributed by atoms with van der Waals surface area (Å²) in [6, 6.07) is 17.9. The third kappa shape index (κ3) is 2.37. The predicted octanol–water partition coefficient (Wildman–Crippen LogP) is 5.59. The molecule has 0 spiro atoms. The summed E-state index contributed by atoms with van der Waals surface area (Å²) in [4.78, 5) is 9.73. The Kier molecular flexibility index (Phi) is 3.85. The van der Waals surface area contributed by atoms with E-state index in [0.29, 0.717) is 0 Å². The number of nitrogens with zero attached hydrogens (tertiary/aromatic N) is 3. The minimum absolute atomic E-state index is 0.0402. The zero-order valence-electron chi connectivity index (χ0n) is 16.3. The molecule has 138 valence electrons. The first-order valence-electron chi connectivity index (χ1n) is 10.2. The molecule has 0 saturated heterocycles. The fourth-order valence-corrected chi connectivity index (χ4v) is 4.94. The van der Waals surface area contributed by atoms with Crippen LogP contribution >= 0.6 is 0 Å². The van der Waals surface area contributed by atoms with Gasteiger partial charge in [-0.25, -0.2) is 0 Å². The third-order valence-corrected chi connectivity index (χ3v) is 6.54. The second-order valence-corrected chi connectivity index (χ2v) is 7.96. The van der Waals surface area contributed by atoms with E-state index in [9.17, 15) is 0 Å². The van der Waals surface area contributed by atoms with Crippen LogP contribution in [0.5, 0.6) is 0 Å². The number of hydrogen-bond acceptors (Lipinski definition) is 3. The molecule has 0 unspecified atom stereocenters. The molecule has 3 aliphatic rings. The lowest BCUT2D eigenvalue weighted by Gasteiger charge is -2.45. The van der Waals surface area contributed by atoms with Crippen LogP contribution in [-0.2, 0) is 5.41 Å². The Morgan fingerprint density at radius 3 is 2.26 bits per heavy atom. The summed E-state index contributed by atoms with van der Waals surface area (Å²) in [5.41, 5.74) is 5.52. The largest absolute Gasteiger partial charge is 0.316 e. The Bertz CT molecular complexity index is 893. The van der Waals surface area contributed by atoms with Gasteiger partial charge in [-0.1, -0.05) is 50.2 Å². The fraction of sp³-hybridized carbons (Fsp3) is 0.375. The van der Waals surface area contributed by atoms with Crippen LogP contribution in [0.15, 0.2) is 65.4 Å². The van der Waals surface area contributed by atoms with Crippen LogP contribution < -0.4 is 4.90 Å². The molecule has 2 aromatic rings. The van der Waals surface area contributed by atoms with Crippen LogP contribution in [0.25, 0.3) is 0 Å². The second-order valence-electron chi connectivity index (χ2n) is 7.96. The minimum atomic E-state index is 0.0402. The van der Waals surface area contributed by atoms with Crippen molar-refractivity contribution in [3.63, 3.8) is 0 Å². The van der Waals surface area contributed by atoms with E-state index in [2.05, 4.69) is 78.3 Å². The van der Waals surface area contributed by atoms with Gasteiger partial charge in [0, 0.05) is 24.9 Å². The number of benzene rings is 2. The molecular formula is C24H27N3. The topological polar surface area (TPSA) is 18.8 Å². The Morgan fingerprint density at radius 1 is 1.00 bits per heavy atom. The van der Waals surface area contributed by atoms with Crippen LogP contribution in [0, 0.1) is 0 Å². The first-order chi connectivity index (χ1) is 13.2. The van der Waals surface area contributed by atoms with Gasteiger partial charge >= 0.3 is 0 Å². The Hall–Kier alpha value is -2.55. The quantitative estimate of drug-likeness (QED) is 0.697. The summed E-state index contributed by atoms with van der Waals surface area (Å²) in [6.45, 7) is 6.71. The number of anilines is 2. The van der Waals surface area contributed by atoms with Gasteiger partial charge in [0.2, 0.25) is 0 Å². The van der Waals surface area contributed by atoms with Gasteiger partial charge in [-0.05, 0) is 48.6 Å². The van der Waals surface area contributed by atoms with Crippen molar-refractivity contribution in [3.8, 4) is 0 Å². The monoisotopic (exact) mass is 357 g/mol. The standard InChI is InChI=1S/C24H27N3/c1-3-24(2)18-10-4-6-12-20(18)27(21-13-7-5-11-19(21)24)23-15-9-17-26(23)22-14-8-16-25-22/h4-7,10-13,15H,3,8-9,14,16-17H2,1-2H3. The zero-order chi connectivity index (χ0) is 18.4. The first-order valence-corrected chi connectivity index (χ1v) is 10.2. The van der Waals surface area contributed by atoms with Crippen LogP contribution in [0.3, 0.4) is 0 Å². The van der Waals surface area contributed by atoms with Gasteiger partial charge in [0.25, 0.3) is 0 Å². The maximum atomic E-state index is 4.79. The molecule has 0 atom stereocenters. The predicted molar refractivity (Wildman–Crippen MR) is 113 cm³/mol. The highest BCUT2D eigenvalue weighted by Crippen LogP contribution is 2.52. The van der Waals surface area contributed by atoms with Gasteiger partial charge in [0.05, 0.1) is 11.4 Å². The highest BCUT2D eigenvalue weighted by Gasteiger charge is 2.41. The van der Waals surface area contributed by atoms with Gasteiger partial charge in [-0.2, -0.15) is 0 Å². The van der Waals surface area contributed by atoms with E-state index in [1.807, 2.05) is 0 Å². The summed E-state index contributed by atoms with van der Waals surface area (Å²) in [7, 11) is 0. The molecule has 0 amide bonds. The highest BCUT2D eigenvalue weighted by molar-refractivity contribution is 5.89. The normalized spacial score (nSPS) is 20.2. The minimum Gasteiger partial charge on any atom is -0.316 e. The van der Waals surface area contributed by atoms with Crippen molar-refractivity contribution in [2.45, 2.75) is 44.9 Å². The summed E-state index contributed by atoms with van der Waals surface area (Å²) < 4.78 is 0. The van der Waals surface area contributed by atoms with Crippen molar-refractivity contribution < 1.29 is 0 Å². The van der Waals surface area contributed by atoms with Crippen molar-refractivity contribution in [2.75, 3.05) is 18.0 Å².